The van der Waals surface area contributed by atoms with Crippen molar-refractivity contribution in [1.29, 1.82) is 0 Å². The van der Waals surface area contributed by atoms with Crippen molar-refractivity contribution in [2.45, 2.75) is 53.4 Å². The Hall–Kier alpha value is -0.243. The lowest BCUT2D eigenvalue weighted by Crippen LogP contribution is -2.29. The lowest BCUT2D eigenvalue weighted by molar-refractivity contribution is 0.130. The molecule has 15 heavy (non-hydrogen) atoms. The molecule has 1 rings (SSSR count). The first-order valence-corrected chi connectivity index (χ1v) is 7.03. The highest BCUT2D eigenvalue weighted by Crippen LogP contribution is 2.41. The number of hydrogen-bond acceptors (Lipinski definition) is 1. The fourth-order valence-electron chi connectivity index (χ4n) is 2.35. The first kappa shape index (κ1) is 12.8. The summed E-state index contributed by atoms with van der Waals surface area (Å²) in [6.07, 6.45) is 7.37. The van der Waals surface area contributed by atoms with Crippen molar-refractivity contribution in [2.75, 3.05) is 0 Å². The molecule has 1 nitrogen and oxygen atoms in total. The second-order valence-electron chi connectivity index (χ2n) is 5.68. The average molecular weight is 226 g/mol. The molecule has 0 bridgehead atoms. The van der Waals surface area contributed by atoms with Crippen LogP contribution < -0.4 is 0 Å². The zero-order chi connectivity index (χ0) is 11.5. The van der Waals surface area contributed by atoms with Crippen LogP contribution in [0.25, 0.3) is 0 Å². The Bertz CT molecular complexity index is 231. The fourth-order valence-corrected chi connectivity index (χ4v) is 2.72. The van der Waals surface area contributed by atoms with Crippen molar-refractivity contribution >= 4 is 10.5 Å². The van der Waals surface area contributed by atoms with Crippen LogP contribution in [0, 0.1) is 17.3 Å². The van der Waals surface area contributed by atoms with Crippen LogP contribution in [0.5, 0.6) is 0 Å². The van der Waals surface area contributed by atoms with Gasteiger partial charge in [-0.25, -0.2) is 0 Å². The SMILES string of the molecule is CC(C)C(C)(C)C1CC=C(O[SiH3])CCC1. The van der Waals surface area contributed by atoms with E-state index in [1.54, 1.807) is 0 Å². The van der Waals surface area contributed by atoms with Crippen LogP contribution in [0.15, 0.2) is 11.8 Å². The lowest BCUT2D eigenvalue weighted by atomic mass is 9.68. The van der Waals surface area contributed by atoms with Gasteiger partial charge in [-0.15, -0.1) is 0 Å². The predicted octanol–water partition coefficient (Wildman–Crippen LogP) is 3.04. The van der Waals surface area contributed by atoms with Gasteiger partial charge in [0.15, 0.2) is 0 Å². The van der Waals surface area contributed by atoms with Crippen LogP contribution in [-0.2, 0) is 4.43 Å². The van der Waals surface area contributed by atoms with Gasteiger partial charge in [0.1, 0.15) is 0 Å². The minimum atomic E-state index is 0.455. The molecule has 0 saturated heterocycles. The molecule has 1 unspecified atom stereocenters. The second-order valence-corrected chi connectivity index (χ2v) is 6.08. The Morgan fingerprint density at radius 3 is 2.67 bits per heavy atom. The van der Waals surface area contributed by atoms with Gasteiger partial charge in [0.25, 0.3) is 0 Å². The molecule has 0 heterocycles. The van der Waals surface area contributed by atoms with Gasteiger partial charge < -0.3 is 4.43 Å². The summed E-state index contributed by atoms with van der Waals surface area (Å²) in [7, 11) is 0.839. The molecule has 0 aromatic heterocycles. The maximum atomic E-state index is 5.49. The highest BCUT2D eigenvalue weighted by molar-refractivity contribution is 5.98. The maximum Gasteiger partial charge on any atom is 0.203 e. The van der Waals surface area contributed by atoms with E-state index >= 15 is 0 Å². The van der Waals surface area contributed by atoms with E-state index in [2.05, 4.69) is 33.8 Å². The molecule has 88 valence electrons. The summed E-state index contributed by atoms with van der Waals surface area (Å²) in [5.74, 6) is 2.84. The Kier molecular flexibility index (Phi) is 4.44. The third-order valence-corrected chi connectivity index (χ3v) is 4.93. The topological polar surface area (TPSA) is 9.23 Å². The Balaban J connectivity index is 2.68. The molecule has 0 fully saturated rings. The van der Waals surface area contributed by atoms with Gasteiger partial charge in [-0.2, -0.15) is 0 Å². The molecule has 0 spiro atoms. The highest BCUT2D eigenvalue weighted by Gasteiger charge is 2.32. The molecule has 0 aromatic carbocycles. The van der Waals surface area contributed by atoms with Crippen LogP contribution in [0.4, 0.5) is 0 Å². The highest BCUT2D eigenvalue weighted by atomic mass is 28.2. The summed E-state index contributed by atoms with van der Waals surface area (Å²) >= 11 is 0. The van der Waals surface area contributed by atoms with Gasteiger partial charge in [0, 0.05) is 6.42 Å². The van der Waals surface area contributed by atoms with Crippen LogP contribution in [0.3, 0.4) is 0 Å². The van der Waals surface area contributed by atoms with Crippen LogP contribution in [0.2, 0.25) is 0 Å². The Morgan fingerprint density at radius 1 is 1.47 bits per heavy atom. The summed E-state index contributed by atoms with van der Waals surface area (Å²) in [6.45, 7) is 9.53. The van der Waals surface area contributed by atoms with E-state index in [0.717, 1.165) is 28.7 Å². The van der Waals surface area contributed by atoms with Gasteiger partial charge in [-0.1, -0.05) is 27.7 Å². The molecule has 0 amide bonds. The minimum absolute atomic E-state index is 0.455. The smallest absolute Gasteiger partial charge is 0.203 e. The molecule has 1 atom stereocenters. The third kappa shape index (κ3) is 3.10. The van der Waals surface area contributed by atoms with Crippen molar-refractivity contribution in [3.05, 3.63) is 11.8 Å². The van der Waals surface area contributed by atoms with Gasteiger partial charge in [0.05, 0.1) is 5.76 Å². The van der Waals surface area contributed by atoms with Crippen molar-refractivity contribution in [3.8, 4) is 0 Å². The molecule has 0 N–H and O–H groups in total. The third-order valence-electron chi connectivity index (χ3n) is 4.41. The molecule has 0 aliphatic heterocycles. The molecule has 0 saturated carbocycles. The van der Waals surface area contributed by atoms with E-state index in [1.807, 2.05) is 0 Å². The van der Waals surface area contributed by atoms with Crippen LogP contribution in [-0.4, -0.2) is 10.5 Å². The Morgan fingerprint density at radius 2 is 2.13 bits per heavy atom. The molecule has 1 aliphatic carbocycles. The van der Waals surface area contributed by atoms with Crippen LogP contribution in [0.1, 0.15) is 53.4 Å². The van der Waals surface area contributed by atoms with Crippen LogP contribution >= 0.6 is 0 Å². The summed E-state index contributed by atoms with van der Waals surface area (Å²) in [5, 5.41) is 0. The van der Waals surface area contributed by atoms with Crippen molar-refractivity contribution < 1.29 is 4.43 Å². The summed E-state index contributed by atoms with van der Waals surface area (Å²) in [5.41, 5.74) is 0.455. The largest absolute Gasteiger partial charge is 0.556 e. The second kappa shape index (κ2) is 5.20. The summed E-state index contributed by atoms with van der Waals surface area (Å²) in [6, 6.07) is 0. The van der Waals surface area contributed by atoms with Gasteiger partial charge in [0.2, 0.25) is 10.5 Å². The van der Waals surface area contributed by atoms with Crippen molar-refractivity contribution in [2.24, 2.45) is 17.3 Å². The maximum absolute atomic E-state index is 5.49. The van der Waals surface area contributed by atoms with E-state index in [-0.39, 0.29) is 0 Å². The van der Waals surface area contributed by atoms with E-state index in [9.17, 15) is 0 Å². The van der Waals surface area contributed by atoms with E-state index in [0.29, 0.717) is 5.41 Å². The Labute approximate surface area is 97.8 Å². The average Bonchev–Trinajstić information content (AvgIpc) is 2.42. The van der Waals surface area contributed by atoms with E-state index in [1.165, 1.54) is 25.0 Å². The summed E-state index contributed by atoms with van der Waals surface area (Å²) < 4.78 is 5.49. The normalized spacial score (nSPS) is 23.8. The molecular formula is C13H26OSi. The predicted molar refractivity (Wildman–Crippen MR) is 69.7 cm³/mol. The summed E-state index contributed by atoms with van der Waals surface area (Å²) in [4.78, 5) is 0. The lowest BCUT2D eigenvalue weighted by Gasteiger charge is -2.37. The van der Waals surface area contributed by atoms with Gasteiger partial charge in [-0.05, 0) is 42.6 Å². The molecular weight excluding hydrogens is 200 g/mol. The number of allylic oxidation sites excluding steroid dienone is 2. The zero-order valence-corrected chi connectivity index (χ0v) is 13.0. The van der Waals surface area contributed by atoms with Gasteiger partial charge >= 0.3 is 0 Å². The first-order chi connectivity index (χ1) is 6.98. The van der Waals surface area contributed by atoms with Crippen molar-refractivity contribution in [1.82, 2.24) is 0 Å². The molecule has 0 aromatic rings. The van der Waals surface area contributed by atoms with Gasteiger partial charge in [-0.3, -0.25) is 0 Å². The monoisotopic (exact) mass is 226 g/mol. The quantitative estimate of drug-likeness (QED) is 0.672. The number of hydrogen-bond donors (Lipinski definition) is 0. The van der Waals surface area contributed by atoms with E-state index in [4.69, 9.17) is 4.43 Å². The number of rotatable bonds is 3. The molecule has 0 radical (unpaired) electrons. The molecule has 2 heteroatoms. The minimum Gasteiger partial charge on any atom is -0.556 e. The first-order valence-electron chi connectivity index (χ1n) is 6.21. The van der Waals surface area contributed by atoms with E-state index < -0.39 is 0 Å². The fraction of sp³-hybridized carbons (Fsp3) is 0.846. The molecule has 1 aliphatic rings. The van der Waals surface area contributed by atoms with Crippen molar-refractivity contribution in [3.63, 3.8) is 0 Å². The zero-order valence-electron chi connectivity index (χ0n) is 11.0. The standard InChI is InChI=1S/C13H26OSi/c1-10(2)13(3,4)11-6-5-7-12(14-15)9-8-11/h9-11H,5-8H2,1-4,15H3.